The van der Waals surface area contributed by atoms with Gasteiger partial charge in [-0.2, -0.15) is 0 Å². The van der Waals surface area contributed by atoms with Gasteiger partial charge in [-0.1, -0.05) is 20.8 Å². The van der Waals surface area contributed by atoms with Crippen LogP contribution in [0.4, 0.5) is 0 Å². The van der Waals surface area contributed by atoms with Crippen LogP contribution in [0.2, 0.25) is 0 Å². The van der Waals surface area contributed by atoms with Gasteiger partial charge < -0.3 is 0 Å². The van der Waals surface area contributed by atoms with Crippen molar-refractivity contribution in [3.63, 3.8) is 0 Å². The van der Waals surface area contributed by atoms with E-state index in [9.17, 15) is 4.79 Å². The molecule has 0 aromatic carbocycles. The summed E-state index contributed by atoms with van der Waals surface area (Å²) in [5.74, 6) is 1.62. The molecule has 4 rings (SSSR count). The fraction of sp³-hybridized carbons (Fsp3) is 0.455. The summed E-state index contributed by atoms with van der Waals surface area (Å²) in [7, 11) is 0. The lowest BCUT2D eigenvalue weighted by molar-refractivity contribution is 0.104. The van der Waals surface area contributed by atoms with Crippen molar-refractivity contribution >= 4 is 23.2 Å². The summed E-state index contributed by atoms with van der Waals surface area (Å²) in [6.45, 7) is 11.0. The third-order valence-electron chi connectivity index (χ3n) is 6.09. The van der Waals surface area contributed by atoms with Crippen LogP contribution < -0.4 is 0 Å². The highest BCUT2D eigenvalue weighted by Gasteiger charge is 2.63. The number of aromatic nitrogens is 1. The van der Waals surface area contributed by atoms with Crippen molar-refractivity contribution in [2.24, 2.45) is 11.3 Å². The maximum absolute atomic E-state index is 12.6. The Morgan fingerprint density at radius 2 is 2.12 bits per heavy atom. The zero-order chi connectivity index (χ0) is 17.9. The second-order valence-electron chi connectivity index (χ2n) is 8.06. The predicted octanol–water partition coefficient (Wildman–Crippen LogP) is 5.51. The molecule has 0 amide bonds. The fourth-order valence-electron chi connectivity index (χ4n) is 4.60. The number of carbonyl (C=O) groups is 1. The average molecular weight is 352 g/mol. The number of nitrogens with zero attached hydrogens (tertiary/aromatic N) is 1. The van der Waals surface area contributed by atoms with Crippen LogP contribution in [0.1, 0.15) is 69.3 Å². The zero-order valence-corrected chi connectivity index (χ0v) is 16.5. The normalized spacial score (nSPS) is 22.9. The molecule has 2 aromatic rings. The van der Waals surface area contributed by atoms with E-state index in [0.29, 0.717) is 5.41 Å². The third kappa shape index (κ3) is 2.60. The Balaban J connectivity index is 1.60. The van der Waals surface area contributed by atoms with Crippen molar-refractivity contribution in [1.29, 1.82) is 0 Å². The minimum atomic E-state index is 0.0727. The molecule has 2 atom stereocenters. The number of rotatable bonds is 4. The van der Waals surface area contributed by atoms with Crippen LogP contribution in [-0.2, 0) is 12.8 Å². The second-order valence-corrected chi connectivity index (χ2v) is 9.32. The first-order valence-corrected chi connectivity index (χ1v) is 9.96. The summed E-state index contributed by atoms with van der Waals surface area (Å²) in [6, 6.07) is 3.80. The molecule has 0 spiro atoms. The smallest absolute Gasteiger partial charge is 0.186 e. The number of ketones is 1. The summed E-state index contributed by atoms with van der Waals surface area (Å²) in [5, 5.41) is 0. The Kier molecular flexibility index (Phi) is 3.77. The van der Waals surface area contributed by atoms with Gasteiger partial charge in [0.05, 0.1) is 0 Å². The molecule has 2 nitrogen and oxygen atoms in total. The number of carbonyl (C=O) groups excluding carboxylic acids is 1. The van der Waals surface area contributed by atoms with Crippen LogP contribution in [-0.4, -0.2) is 10.8 Å². The molecule has 0 N–H and O–H groups in total. The molecule has 2 aromatic heterocycles. The monoisotopic (exact) mass is 351 g/mol. The van der Waals surface area contributed by atoms with Crippen molar-refractivity contribution in [2.45, 2.75) is 53.4 Å². The molecule has 0 unspecified atom stereocenters. The van der Waals surface area contributed by atoms with Crippen LogP contribution in [0.15, 0.2) is 18.2 Å². The van der Waals surface area contributed by atoms with E-state index in [-0.39, 0.29) is 5.78 Å². The van der Waals surface area contributed by atoms with Crippen molar-refractivity contribution in [3.8, 4) is 0 Å². The van der Waals surface area contributed by atoms with Gasteiger partial charge in [0.1, 0.15) is 0 Å². The van der Waals surface area contributed by atoms with Gasteiger partial charge in [-0.15, -0.1) is 11.3 Å². The summed E-state index contributed by atoms with van der Waals surface area (Å²) in [6.07, 6.45) is 5.81. The standard InChI is InChI=1S/C22H25NOS/c1-6-15-10-14(9-12(2)23-15)18(24)7-8-19-16-11-17-21(22(17,4)5)20(16)13(3)25-19/h7-10,17,21H,6,11H2,1-5H3/t17-,21-/m1/s1. The maximum atomic E-state index is 12.6. The van der Waals surface area contributed by atoms with E-state index in [1.165, 1.54) is 21.7 Å². The van der Waals surface area contributed by atoms with E-state index >= 15 is 0 Å². The van der Waals surface area contributed by atoms with Gasteiger partial charge in [-0.05, 0) is 79.4 Å². The van der Waals surface area contributed by atoms with Crippen molar-refractivity contribution < 1.29 is 4.79 Å². The Morgan fingerprint density at radius 3 is 2.84 bits per heavy atom. The Labute approximate surface area is 154 Å². The molecular formula is C22H25NOS. The largest absolute Gasteiger partial charge is 0.289 e. The second kappa shape index (κ2) is 5.63. The number of aryl methyl sites for hydroxylation is 3. The molecule has 0 saturated heterocycles. The minimum absolute atomic E-state index is 0.0727. The van der Waals surface area contributed by atoms with E-state index in [1.807, 2.05) is 36.5 Å². The molecular weight excluding hydrogens is 326 g/mol. The number of fused-ring (bicyclic) bond motifs is 3. The summed E-state index contributed by atoms with van der Waals surface area (Å²) >= 11 is 1.84. The summed E-state index contributed by atoms with van der Waals surface area (Å²) < 4.78 is 0. The lowest BCUT2D eigenvalue weighted by Crippen LogP contribution is -2.01. The number of thiophene rings is 1. The lowest BCUT2D eigenvalue weighted by atomic mass is 9.95. The quantitative estimate of drug-likeness (QED) is 0.537. The van der Waals surface area contributed by atoms with E-state index in [0.717, 1.165) is 35.2 Å². The molecule has 130 valence electrons. The molecule has 0 aliphatic heterocycles. The van der Waals surface area contributed by atoms with E-state index in [4.69, 9.17) is 0 Å². The van der Waals surface area contributed by atoms with Crippen molar-refractivity contribution in [1.82, 2.24) is 4.98 Å². The zero-order valence-electron chi connectivity index (χ0n) is 15.6. The van der Waals surface area contributed by atoms with Crippen molar-refractivity contribution in [2.75, 3.05) is 0 Å². The lowest BCUT2D eigenvalue weighted by Gasteiger charge is -2.09. The van der Waals surface area contributed by atoms with E-state index in [1.54, 1.807) is 11.6 Å². The van der Waals surface area contributed by atoms with Crippen LogP contribution in [0.25, 0.3) is 6.08 Å². The number of hydrogen-bond acceptors (Lipinski definition) is 3. The van der Waals surface area contributed by atoms with Gasteiger partial charge in [0.25, 0.3) is 0 Å². The third-order valence-corrected chi connectivity index (χ3v) is 7.22. The summed E-state index contributed by atoms with van der Waals surface area (Å²) in [4.78, 5) is 19.8. The van der Waals surface area contributed by atoms with Gasteiger partial charge in [0.15, 0.2) is 5.78 Å². The van der Waals surface area contributed by atoms with Gasteiger partial charge in [0, 0.05) is 26.7 Å². The number of allylic oxidation sites excluding steroid dienone is 1. The molecule has 0 bridgehead atoms. The Bertz CT molecular complexity index is 903. The fourth-order valence-corrected chi connectivity index (χ4v) is 5.75. The maximum Gasteiger partial charge on any atom is 0.186 e. The number of hydrogen-bond donors (Lipinski definition) is 0. The van der Waals surface area contributed by atoms with Gasteiger partial charge in [0.2, 0.25) is 0 Å². The van der Waals surface area contributed by atoms with Gasteiger partial charge in [-0.3, -0.25) is 9.78 Å². The first-order valence-electron chi connectivity index (χ1n) is 9.15. The van der Waals surface area contributed by atoms with Crippen LogP contribution in [0.3, 0.4) is 0 Å². The Morgan fingerprint density at radius 1 is 1.36 bits per heavy atom. The van der Waals surface area contributed by atoms with Crippen molar-refractivity contribution in [3.05, 3.63) is 56.0 Å². The first-order chi connectivity index (χ1) is 11.8. The molecule has 1 fully saturated rings. The molecule has 1 saturated carbocycles. The molecule has 0 radical (unpaired) electrons. The van der Waals surface area contributed by atoms with Crippen LogP contribution in [0.5, 0.6) is 0 Å². The molecule has 2 aliphatic rings. The molecule has 25 heavy (non-hydrogen) atoms. The van der Waals surface area contributed by atoms with E-state index < -0.39 is 0 Å². The highest BCUT2D eigenvalue weighted by atomic mass is 32.1. The van der Waals surface area contributed by atoms with Crippen LogP contribution in [0, 0.1) is 25.2 Å². The number of pyridine rings is 1. The first kappa shape index (κ1) is 16.7. The molecule has 3 heteroatoms. The SMILES string of the molecule is CCc1cc(C(=O)C=Cc2sc(C)c3c2C[C@@H]2[C@H]3C2(C)C)cc(C)n1. The summed E-state index contributed by atoms with van der Waals surface area (Å²) in [5.41, 5.74) is 6.19. The van der Waals surface area contributed by atoms with Gasteiger partial charge in [-0.25, -0.2) is 0 Å². The Hall–Kier alpha value is -1.74. The van der Waals surface area contributed by atoms with E-state index in [2.05, 4.69) is 32.7 Å². The molecule has 2 heterocycles. The molecule has 2 aliphatic carbocycles. The minimum Gasteiger partial charge on any atom is -0.289 e. The average Bonchev–Trinajstić information content (AvgIpc) is 2.92. The highest BCUT2D eigenvalue weighted by molar-refractivity contribution is 7.13. The topological polar surface area (TPSA) is 30.0 Å². The highest BCUT2D eigenvalue weighted by Crippen LogP contribution is 2.71. The predicted molar refractivity (Wildman–Crippen MR) is 104 cm³/mol. The van der Waals surface area contributed by atoms with Crippen LogP contribution >= 0.6 is 11.3 Å². The van der Waals surface area contributed by atoms with Gasteiger partial charge >= 0.3 is 0 Å².